The lowest BCUT2D eigenvalue weighted by molar-refractivity contribution is 0.0529. The van der Waals surface area contributed by atoms with Crippen molar-refractivity contribution in [2.75, 3.05) is 39.3 Å². The molecule has 1 heterocycles. The van der Waals surface area contributed by atoms with Gasteiger partial charge in [-0.1, -0.05) is 26.2 Å². The maximum absolute atomic E-state index is 6.12. The molecular weight excluding hydrogens is 234 g/mol. The zero-order valence-corrected chi connectivity index (χ0v) is 13.0. The van der Waals surface area contributed by atoms with Crippen LogP contribution in [0.15, 0.2) is 0 Å². The molecule has 1 aliphatic heterocycles. The Hall–Kier alpha value is -0.120. The Labute approximate surface area is 119 Å². The fourth-order valence-corrected chi connectivity index (χ4v) is 3.82. The molecule has 19 heavy (non-hydrogen) atoms. The number of nitrogens with zero attached hydrogens (tertiary/aromatic N) is 2. The van der Waals surface area contributed by atoms with E-state index in [4.69, 9.17) is 5.73 Å². The standard InChI is InChI=1S/C16H33N3/c1-3-15(2)19-11-9-18(10-12-19)14-16(13-17)7-5-4-6-8-16/h15H,3-14,17H2,1-2H3. The molecule has 1 saturated carbocycles. The van der Waals surface area contributed by atoms with Crippen LogP contribution in [0.2, 0.25) is 0 Å². The first kappa shape index (κ1) is 15.3. The van der Waals surface area contributed by atoms with Crippen molar-refractivity contribution in [2.24, 2.45) is 11.1 Å². The highest BCUT2D eigenvalue weighted by Crippen LogP contribution is 2.36. The molecule has 0 bridgehead atoms. The smallest absolute Gasteiger partial charge is 0.0113 e. The molecule has 0 aromatic carbocycles. The number of hydrogen-bond acceptors (Lipinski definition) is 3. The molecule has 3 heteroatoms. The Morgan fingerprint density at radius 3 is 2.21 bits per heavy atom. The summed E-state index contributed by atoms with van der Waals surface area (Å²) < 4.78 is 0. The van der Waals surface area contributed by atoms with Gasteiger partial charge in [0, 0.05) is 38.8 Å². The SMILES string of the molecule is CCC(C)N1CCN(CC2(CN)CCCCC2)CC1. The molecule has 2 rings (SSSR count). The van der Waals surface area contributed by atoms with Gasteiger partial charge in [0.25, 0.3) is 0 Å². The van der Waals surface area contributed by atoms with E-state index in [1.54, 1.807) is 0 Å². The molecule has 0 aromatic heterocycles. The van der Waals surface area contributed by atoms with Crippen molar-refractivity contribution in [2.45, 2.75) is 58.4 Å². The van der Waals surface area contributed by atoms with E-state index in [1.165, 1.54) is 71.2 Å². The van der Waals surface area contributed by atoms with Gasteiger partial charge in [-0.05, 0) is 38.1 Å². The molecule has 1 aliphatic carbocycles. The van der Waals surface area contributed by atoms with Crippen LogP contribution < -0.4 is 5.73 Å². The largest absolute Gasteiger partial charge is 0.330 e. The van der Waals surface area contributed by atoms with Crippen molar-refractivity contribution in [1.29, 1.82) is 0 Å². The summed E-state index contributed by atoms with van der Waals surface area (Å²) in [4.78, 5) is 5.32. The molecule has 0 aromatic rings. The lowest BCUT2D eigenvalue weighted by Crippen LogP contribution is -2.53. The average Bonchev–Trinajstić information content (AvgIpc) is 2.48. The van der Waals surface area contributed by atoms with Crippen molar-refractivity contribution >= 4 is 0 Å². The quantitative estimate of drug-likeness (QED) is 0.830. The summed E-state index contributed by atoms with van der Waals surface area (Å²) in [5, 5.41) is 0. The molecule has 0 amide bonds. The first-order valence-corrected chi connectivity index (χ1v) is 8.35. The fourth-order valence-electron chi connectivity index (χ4n) is 3.82. The van der Waals surface area contributed by atoms with Gasteiger partial charge in [0.1, 0.15) is 0 Å². The van der Waals surface area contributed by atoms with Crippen molar-refractivity contribution in [3.8, 4) is 0 Å². The van der Waals surface area contributed by atoms with E-state index in [0.29, 0.717) is 5.41 Å². The van der Waals surface area contributed by atoms with Gasteiger partial charge >= 0.3 is 0 Å². The summed E-state index contributed by atoms with van der Waals surface area (Å²) in [6.07, 6.45) is 8.19. The third kappa shape index (κ3) is 3.93. The number of hydrogen-bond donors (Lipinski definition) is 1. The van der Waals surface area contributed by atoms with E-state index < -0.39 is 0 Å². The minimum atomic E-state index is 0.441. The summed E-state index contributed by atoms with van der Waals surface area (Å²) in [5.41, 5.74) is 6.56. The van der Waals surface area contributed by atoms with Crippen LogP contribution in [0.1, 0.15) is 52.4 Å². The van der Waals surface area contributed by atoms with Crippen LogP contribution in [0.5, 0.6) is 0 Å². The van der Waals surface area contributed by atoms with E-state index in [0.717, 1.165) is 12.6 Å². The first-order chi connectivity index (χ1) is 9.19. The van der Waals surface area contributed by atoms with E-state index in [2.05, 4.69) is 23.6 Å². The number of rotatable bonds is 5. The minimum absolute atomic E-state index is 0.441. The maximum Gasteiger partial charge on any atom is 0.0113 e. The predicted molar refractivity (Wildman–Crippen MR) is 82.3 cm³/mol. The Kier molecular flexibility index (Phi) is 5.67. The zero-order chi connectivity index (χ0) is 13.7. The third-order valence-electron chi connectivity index (χ3n) is 5.53. The monoisotopic (exact) mass is 267 g/mol. The predicted octanol–water partition coefficient (Wildman–Crippen LogP) is 2.31. The van der Waals surface area contributed by atoms with Crippen LogP contribution in [-0.4, -0.2) is 55.1 Å². The summed E-state index contributed by atoms with van der Waals surface area (Å²) in [6, 6.07) is 0.750. The molecule has 2 N–H and O–H groups in total. The van der Waals surface area contributed by atoms with Crippen molar-refractivity contribution < 1.29 is 0 Å². The lowest BCUT2D eigenvalue weighted by Gasteiger charge is -2.44. The summed E-state index contributed by atoms with van der Waals surface area (Å²) in [5.74, 6) is 0. The summed E-state index contributed by atoms with van der Waals surface area (Å²) in [6.45, 7) is 11.8. The van der Waals surface area contributed by atoms with E-state index in [-0.39, 0.29) is 0 Å². The summed E-state index contributed by atoms with van der Waals surface area (Å²) in [7, 11) is 0. The van der Waals surface area contributed by atoms with Crippen molar-refractivity contribution in [3.63, 3.8) is 0 Å². The molecule has 2 fully saturated rings. The fraction of sp³-hybridized carbons (Fsp3) is 1.00. The Morgan fingerprint density at radius 2 is 1.68 bits per heavy atom. The molecule has 3 nitrogen and oxygen atoms in total. The van der Waals surface area contributed by atoms with Crippen LogP contribution in [0.3, 0.4) is 0 Å². The van der Waals surface area contributed by atoms with Gasteiger partial charge < -0.3 is 10.6 Å². The highest BCUT2D eigenvalue weighted by molar-refractivity contribution is 4.88. The van der Waals surface area contributed by atoms with Crippen molar-refractivity contribution in [1.82, 2.24) is 9.80 Å². The lowest BCUT2D eigenvalue weighted by atomic mass is 9.73. The second kappa shape index (κ2) is 7.05. The number of nitrogens with two attached hydrogens (primary N) is 1. The van der Waals surface area contributed by atoms with Gasteiger partial charge in [-0.15, -0.1) is 0 Å². The summed E-state index contributed by atoms with van der Waals surface area (Å²) >= 11 is 0. The molecular formula is C16H33N3. The Bertz CT molecular complexity index is 253. The molecule has 2 aliphatic rings. The molecule has 1 atom stereocenters. The Balaban J connectivity index is 1.81. The topological polar surface area (TPSA) is 32.5 Å². The third-order valence-corrected chi connectivity index (χ3v) is 5.53. The maximum atomic E-state index is 6.12. The van der Waals surface area contributed by atoms with E-state index >= 15 is 0 Å². The first-order valence-electron chi connectivity index (χ1n) is 8.35. The molecule has 1 unspecified atom stereocenters. The van der Waals surface area contributed by atoms with Gasteiger partial charge in [0.2, 0.25) is 0 Å². The van der Waals surface area contributed by atoms with Crippen molar-refractivity contribution in [3.05, 3.63) is 0 Å². The second-order valence-corrected chi connectivity index (χ2v) is 6.83. The van der Waals surface area contributed by atoms with Crippen LogP contribution in [-0.2, 0) is 0 Å². The second-order valence-electron chi connectivity index (χ2n) is 6.83. The Morgan fingerprint density at radius 1 is 1.05 bits per heavy atom. The number of piperazine rings is 1. The highest BCUT2D eigenvalue weighted by Gasteiger charge is 2.33. The van der Waals surface area contributed by atoms with Gasteiger partial charge in [-0.25, -0.2) is 0 Å². The van der Waals surface area contributed by atoms with Gasteiger partial charge in [-0.2, -0.15) is 0 Å². The zero-order valence-electron chi connectivity index (χ0n) is 13.0. The molecule has 112 valence electrons. The van der Waals surface area contributed by atoms with Gasteiger partial charge in [0.15, 0.2) is 0 Å². The normalized spacial score (nSPS) is 27.3. The molecule has 0 radical (unpaired) electrons. The van der Waals surface area contributed by atoms with Crippen LogP contribution in [0.4, 0.5) is 0 Å². The molecule has 1 saturated heterocycles. The van der Waals surface area contributed by atoms with Crippen LogP contribution in [0, 0.1) is 5.41 Å². The van der Waals surface area contributed by atoms with E-state index in [1.807, 2.05) is 0 Å². The minimum Gasteiger partial charge on any atom is -0.330 e. The van der Waals surface area contributed by atoms with Crippen LogP contribution in [0.25, 0.3) is 0 Å². The van der Waals surface area contributed by atoms with Gasteiger partial charge in [0.05, 0.1) is 0 Å². The average molecular weight is 267 g/mol. The van der Waals surface area contributed by atoms with Gasteiger partial charge in [-0.3, -0.25) is 4.90 Å². The van der Waals surface area contributed by atoms with Crippen LogP contribution >= 0.6 is 0 Å². The highest BCUT2D eigenvalue weighted by atomic mass is 15.3. The molecule has 0 spiro atoms. The van der Waals surface area contributed by atoms with E-state index in [9.17, 15) is 0 Å².